The van der Waals surface area contributed by atoms with Gasteiger partial charge >= 0.3 is 5.97 Å². The van der Waals surface area contributed by atoms with E-state index >= 15 is 0 Å². The van der Waals surface area contributed by atoms with Gasteiger partial charge in [0.2, 0.25) is 0 Å². The highest BCUT2D eigenvalue weighted by atomic mass is 32.2. The lowest BCUT2D eigenvalue weighted by molar-refractivity contribution is 0.0600. The van der Waals surface area contributed by atoms with Crippen molar-refractivity contribution in [3.8, 4) is 0 Å². The standard InChI is InChI=1S/C15H14FNO4S/c1-10-4-3-5-12(8-10)22(19,20)17-14-9-11(15(18)21-2)6-7-13(14)16/h3-9,17H,1-2H3. The second-order valence-corrected chi connectivity index (χ2v) is 6.29. The van der Waals surface area contributed by atoms with Crippen molar-refractivity contribution in [2.45, 2.75) is 11.8 Å². The van der Waals surface area contributed by atoms with Gasteiger partial charge in [0, 0.05) is 0 Å². The summed E-state index contributed by atoms with van der Waals surface area (Å²) in [4.78, 5) is 11.4. The zero-order chi connectivity index (χ0) is 16.3. The highest BCUT2D eigenvalue weighted by Gasteiger charge is 2.18. The van der Waals surface area contributed by atoms with E-state index in [1.807, 2.05) is 0 Å². The third-order valence-corrected chi connectivity index (χ3v) is 4.29. The van der Waals surface area contributed by atoms with Crippen LogP contribution in [0.2, 0.25) is 0 Å². The van der Waals surface area contributed by atoms with Crippen LogP contribution in [0.4, 0.5) is 10.1 Å². The number of carbonyl (C=O) groups is 1. The second-order valence-electron chi connectivity index (χ2n) is 4.61. The SMILES string of the molecule is COC(=O)c1ccc(F)c(NS(=O)(=O)c2cccc(C)c2)c1. The van der Waals surface area contributed by atoms with Crippen LogP contribution in [0.15, 0.2) is 47.4 Å². The largest absolute Gasteiger partial charge is 0.465 e. The fourth-order valence-electron chi connectivity index (χ4n) is 1.83. The molecule has 0 aliphatic carbocycles. The van der Waals surface area contributed by atoms with Gasteiger partial charge in [0.1, 0.15) is 5.82 Å². The first-order valence-electron chi connectivity index (χ1n) is 6.31. The second kappa shape index (κ2) is 6.15. The summed E-state index contributed by atoms with van der Waals surface area (Å²) in [7, 11) is -2.77. The van der Waals surface area contributed by atoms with Crippen LogP contribution >= 0.6 is 0 Å². The Morgan fingerprint density at radius 1 is 1.18 bits per heavy atom. The summed E-state index contributed by atoms with van der Waals surface area (Å²) >= 11 is 0. The molecule has 0 heterocycles. The summed E-state index contributed by atoms with van der Waals surface area (Å²) in [5.41, 5.74) is 0.488. The van der Waals surface area contributed by atoms with Gasteiger partial charge in [-0.15, -0.1) is 0 Å². The average molecular weight is 323 g/mol. The molecule has 22 heavy (non-hydrogen) atoms. The zero-order valence-electron chi connectivity index (χ0n) is 12.0. The van der Waals surface area contributed by atoms with Crippen molar-refractivity contribution >= 4 is 21.7 Å². The first-order chi connectivity index (χ1) is 10.3. The van der Waals surface area contributed by atoms with Crippen LogP contribution in [0.5, 0.6) is 0 Å². The number of carbonyl (C=O) groups excluding carboxylic acids is 1. The fourth-order valence-corrected chi connectivity index (χ4v) is 3.00. The highest BCUT2D eigenvalue weighted by molar-refractivity contribution is 7.92. The number of halogens is 1. The van der Waals surface area contributed by atoms with Crippen LogP contribution in [-0.4, -0.2) is 21.5 Å². The monoisotopic (exact) mass is 323 g/mol. The first-order valence-corrected chi connectivity index (χ1v) is 7.79. The Balaban J connectivity index is 2.39. The summed E-state index contributed by atoms with van der Waals surface area (Å²) in [5, 5.41) is 0. The molecule has 0 spiro atoms. The van der Waals surface area contributed by atoms with Crippen LogP contribution in [0.3, 0.4) is 0 Å². The molecule has 0 radical (unpaired) electrons. The minimum absolute atomic E-state index is 0.00960. The number of benzene rings is 2. The average Bonchev–Trinajstić information content (AvgIpc) is 2.48. The number of hydrogen-bond acceptors (Lipinski definition) is 4. The fraction of sp³-hybridized carbons (Fsp3) is 0.133. The molecular weight excluding hydrogens is 309 g/mol. The number of esters is 1. The number of hydrogen-bond donors (Lipinski definition) is 1. The maximum absolute atomic E-state index is 13.8. The Bertz CT molecular complexity index is 818. The van der Waals surface area contributed by atoms with Crippen molar-refractivity contribution in [2.24, 2.45) is 0 Å². The van der Waals surface area contributed by atoms with Crippen LogP contribution in [-0.2, 0) is 14.8 Å². The van der Waals surface area contributed by atoms with E-state index in [0.29, 0.717) is 0 Å². The molecular formula is C15H14FNO4S. The normalized spacial score (nSPS) is 11.0. The molecule has 0 aromatic heterocycles. The van der Waals surface area contributed by atoms with Gasteiger partial charge in [0.25, 0.3) is 10.0 Å². The lowest BCUT2D eigenvalue weighted by Gasteiger charge is -2.10. The Hall–Kier alpha value is -2.41. The van der Waals surface area contributed by atoms with E-state index in [2.05, 4.69) is 9.46 Å². The third-order valence-electron chi connectivity index (χ3n) is 2.93. The third kappa shape index (κ3) is 3.43. The van der Waals surface area contributed by atoms with Crippen LogP contribution in [0.25, 0.3) is 0 Å². The molecule has 0 atom stereocenters. The van der Waals surface area contributed by atoms with Gasteiger partial charge in [-0.25, -0.2) is 17.6 Å². The molecule has 0 unspecified atom stereocenters. The molecule has 2 aromatic carbocycles. The van der Waals surface area contributed by atoms with Gasteiger partial charge in [0.15, 0.2) is 0 Å². The molecule has 1 N–H and O–H groups in total. The Morgan fingerprint density at radius 3 is 2.55 bits per heavy atom. The van der Waals surface area contributed by atoms with Gasteiger partial charge in [0.05, 0.1) is 23.3 Å². The Labute approximate surface area is 127 Å². The van der Waals surface area contributed by atoms with E-state index in [1.54, 1.807) is 19.1 Å². The summed E-state index contributed by atoms with van der Waals surface area (Å²) in [6.45, 7) is 1.75. The lowest BCUT2D eigenvalue weighted by Crippen LogP contribution is -2.15. The van der Waals surface area contributed by atoms with Crippen molar-refractivity contribution in [1.82, 2.24) is 0 Å². The molecule has 2 rings (SSSR count). The topological polar surface area (TPSA) is 72.5 Å². The first kappa shape index (κ1) is 16.0. The van der Waals surface area contributed by atoms with Gasteiger partial charge in [-0.05, 0) is 42.8 Å². The predicted octanol–water partition coefficient (Wildman–Crippen LogP) is 2.72. The molecule has 0 amide bonds. The van der Waals surface area contributed by atoms with E-state index < -0.39 is 21.8 Å². The zero-order valence-corrected chi connectivity index (χ0v) is 12.8. The number of nitrogens with one attached hydrogen (secondary N) is 1. The van der Waals surface area contributed by atoms with Gasteiger partial charge < -0.3 is 4.74 Å². The number of ether oxygens (including phenoxy) is 1. The Kier molecular flexibility index (Phi) is 4.46. The minimum atomic E-state index is -3.95. The van der Waals surface area contributed by atoms with Gasteiger partial charge in [-0.2, -0.15) is 0 Å². The van der Waals surface area contributed by atoms with E-state index in [-0.39, 0.29) is 16.1 Å². The van der Waals surface area contributed by atoms with E-state index in [0.717, 1.165) is 17.7 Å². The smallest absolute Gasteiger partial charge is 0.337 e. The van der Waals surface area contributed by atoms with Gasteiger partial charge in [-0.3, -0.25) is 4.72 Å². The molecule has 5 nitrogen and oxygen atoms in total. The van der Waals surface area contributed by atoms with Crippen molar-refractivity contribution in [1.29, 1.82) is 0 Å². The van der Waals surface area contributed by atoms with E-state index in [1.165, 1.54) is 25.3 Å². The number of rotatable bonds is 4. The van der Waals surface area contributed by atoms with Gasteiger partial charge in [-0.1, -0.05) is 12.1 Å². The maximum atomic E-state index is 13.8. The summed E-state index contributed by atoms with van der Waals surface area (Å²) in [6.07, 6.45) is 0. The van der Waals surface area contributed by atoms with Crippen molar-refractivity contribution < 1.29 is 22.3 Å². The van der Waals surface area contributed by atoms with Crippen molar-refractivity contribution in [2.75, 3.05) is 11.8 Å². The van der Waals surface area contributed by atoms with Crippen molar-refractivity contribution in [3.63, 3.8) is 0 Å². The summed E-state index contributed by atoms with van der Waals surface area (Å²) in [5.74, 6) is -1.47. The number of aryl methyl sites for hydroxylation is 1. The minimum Gasteiger partial charge on any atom is -0.465 e. The van der Waals surface area contributed by atoms with E-state index in [9.17, 15) is 17.6 Å². The number of sulfonamides is 1. The van der Waals surface area contributed by atoms with E-state index in [4.69, 9.17) is 0 Å². The summed E-state index contributed by atoms with van der Waals surface area (Å²) in [6, 6.07) is 9.50. The lowest BCUT2D eigenvalue weighted by atomic mass is 10.2. The Morgan fingerprint density at radius 2 is 1.91 bits per heavy atom. The molecule has 0 bridgehead atoms. The van der Waals surface area contributed by atoms with Crippen molar-refractivity contribution in [3.05, 3.63) is 59.4 Å². The van der Waals surface area contributed by atoms with Crippen LogP contribution in [0, 0.1) is 12.7 Å². The predicted molar refractivity (Wildman–Crippen MR) is 79.7 cm³/mol. The molecule has 0 saturated heterocycles. The molecule has 0 aliphatic heterocycles. The number of methoxy groups -OCH3 is 1. The van der Waals surface area contributed by atoms with Crippen LogP contribution in [0.1, 0.15) is 15.9 Å². The molecule has 2 aromatic rings. The van der Waals surface area contributed by atoms with Crippen LogP contribution < -0.4 is 4.72 Å². The maximum Gasteiger partial charge on any atom is 0.337 e. The molecule has 0 saturated carbocycles. The molecule has 0 fully saturated rings. The molecule has 116 valence electrons. The summed E-state index contributed by atoms with van der Waals surface area (Å²) < 4.78 is 45.0. The molecule has 7 heteroatoms. The number of anilines is 1. The quantitative estimate of drug-likeness (QED) is 0.878. The molecule has 0 aliphatic rings. The highest BCUT2D eigenvalue weighted by Crippen LogP contribution is 2.21.